The van der Waals surface area contributed by atoms with E-state index in [9.17, 15) is 10.2 Å². The Balaban J connectivity index is 2.18. The van der Waals surface area contributed by atoms with E-state index in [-0.39, 0.29) is 11.5 Å². The lowest BCUT2D eigenvalue weighted by Gasteiger charge is -2.31. The highest BCUT2D eigenvalue weighted by molar-refractivity contribution is 5.50. The Morgan fingerprint density at radius 1 is 0.905 bits per heavy atom. The lowest BCUT2D eigenvalue weighted by molar-refractivity contribution is 0.112. The fraction of sp³-hybridized carbons (Fsp3) is 0.176. The standard InChI is InChI=1S/C17H17NO3/c1-2-12-11-21-18-17(12,13-3-7-15(19)8-4-13)14-5-9-16(20)10-6-14/h3-11,18-20H,2H2,1H3. The maximum absolute atomic E-state index is 9.51. The van der Waals surface area contributed by atoms with Crippen LogP contribution in [0, 0.1) is 0 Å². The summed E-state index contributed by atoms with van der Waals surface area (Å²) in [5.41, 5.74) is 5.51. The number of hydrogen-bond donors (Lipinski definition) is 3. The first-order chi connectivity index (χ1) is 10.2. The Bertz CT molecular complexity index is 614. The molecule has 21 heavy (non-hydrogen) atoms. The molecule has 2 aromatic rings. The van der Waals surface area contributed by atoms with Crippen LogP contribution >= 0.6 is 0 Å². The van der Waals surface area contributed by atoms with E-state index in [0.717, 1.165) is 23.1 Å². The lowest BCUT2D eigenvalue weighted by atomic mass is 9.77. The first kappa shape index (κ1) is 13.5. The van der Waals surface area contributed by atoms with Gasteiger partial charge in [-0.2, -0.15) is 0 Å². The Morgan fingerprint density at radius 2 is 1.38 bits per heavy atom. The van der Waals surface area contributed by atoms with Gasteiger partial charge in [-0.25, -0.2) is 0 Å². The van der Waals surface area contributed by atoms with Gasteiger partial charge >= 0.3 is 0 Å². The summed E-state index contributed by atoms with van der Waals surface area (Å²) in [6.07, 6.45) is 2.54. The van der Waals surface area contributed by atoms with Crippen LogP contribution in [0.25, 0.3) is 0 Å². The van der Waals surface area contributed by atoms with Gasteiger partial charge in [-0.15, -0.1) is 5.48 Å². The van der Waals surface area contributed by atoms with E-state index in [1.165, 1.54) is 0 Å². The van der Waals surface area contributed by atoms with E-state index in [2.05, 4.69) is 12.4 Å². The Morgan fingerprint density at radius 3 is 1.81 bits per heavy atom. The summed E-state index contributed by atoms with van der Waals surface area (Å²) in [6.45, 7) is 2.07. The van der Waals surface area contributed by atoms with E-state index >= 15 is 0 Å². The van der Waals surface area contributed by atoms with Crippen LogP contribution in [0.1, 0.15) is 24.5 Å². The van der Waals surface area contributed by atoms with Crippen LogP contribution < -0.4 is 5.48 Å². The minimum Gasteiger partial charge on any atom is -0.508 e. The van der Waals surface area contributed by atoms with Crippen LogP contribution in [0.4, 0.5) is 0 Å². The van der Waals surface area contributed by atoms with Crippen molar-refractivity contribution >= 4 is 0 Å². The van der Waals surface area contributed by atoms with Crippen molar-refractivity contribution in [2.45, 2.75) is 18.9 Å². The van der Waals surface area contributed by atoms with Crippen LogP contribution in [0.2, 0.25) is 0 Å². The molecule has 0 amide bonds. The number of hydrogen-bond acceptors (Lipinski definition) is 4. The van der Waals surface area contributed by atoms with Crippen molar-refractivity contribution in [1.29, 1.82) is 0 Å². The van der Waals surface area contributed by atoms with Crippen LogP contribution in [-0.2, 0) is 10.4 Å². The van der Waals surface area contributed by atoms with Crippen molar-refractivity contribution < 1.29 is 15.1 Å². The van der Waals surface area contributed by atoms with Crippen LogP contribution in [0.15, 0.2) is 60.4 Å². The Labute approximate surface area is 123 Å². The molecule has 0 aromatic heterocycles. The molecule has 0 unspecified atom stereocenters. The van der Waals surface area contributed by atoms with Crippen molar-refractivity contribution in [3.05, 3.63) is 71.5 Å². The average molecular weight is 283 g/mol. The third kappa shape index (κ3) is 2.14. The molecule has 0 saturated carbocycles. The lowest BCUT2D eigenvalue weighted by Crippen LogP contribution is -2.40. The quantitative estimate of drug-likeness (QED) is 0.809. The van der Waals surface area contributed by atoms with E-state index in [4.69, 9.17) is 4.84 Å². The molecule has 0 aliphatic carbocycles. The van der Waals surface area contributed by atoms with Crippen molar-refractivity contribution in [1.82, 2.24) is 5.48 Å². The highest BCUT2D eigenvalue weighted by Crippen LogP contribution is 2.41. The smallest absolute Gasteiger partial charge is 0.128 e. The maximum atomic E-state index is 9.51. The summed E-state index contributed by atoms with van der Waals surface area (Å²) in [6, 6.07) is 14.1. The Hall–Kier alpha value is -2.46. The second kappa shape index (κ2) is 5.14. The molecule has 0 bridgehead atoms. The number of hydroxylamine groups is 1. The topological polar surface area (TPSA) is 61.7 Å². The van der Waals surface area contributed by atoms with Crippen molar-refractivity contribution in [2.24, 2.45) is 0 Å². The van der Waals surface area contributed by atoms with E-state index < -0.39 is 5.54 Å². The SMILES string of the molecule is CCC1=CONC1(c1ccc(O)cc1)c1ccc(O)cc1. The normalized spacial score (nSPS) is 16.3. The summed E-state index contributed by atoms with van der Waals surface area (Å²) < 4.78 is 0. The first-order valence-corrected chi connectivity index (χ1v) is 6.88. The van der Waals surface area contributed by atoms with Crippen molar-refractivity contribution in [3.63, 3.8) is 0 Å². The van der Waals surface area contributed by atoms with Gasteiger partial charge in [0.25, 0.3) is 0 Å². The number of aromatic hydroxyl groups is 2. The van der Waals surface area contributed by atoms with Gasteiger partial charge in [0, 0.05) is 0 Å². The molecule has 0 fully saturated rings. The van der Waals surface area contributed by atoms with Gasteiger partial charge in [-0.3, -0.25) is 0 Å². The molecule has 2 aromatic carbocycles. The van der Waals surface area contributed by atoms with Gasteiger partial charge in [-0.1, -0.05) is 31.2 Å². The van der Waals surface area contributed by atoms with E-state index in [1.54, 1.807) is 30.5 Å². The fourth-order valence-corrected chi connectivity index (χ4v) is 2.77. The van der Waals surface area contributed by atoms with E-state index in [0.29, 0.717) is 0 Å². The van der Waals surface area contributed by atoms with Crippen LogP contribution in [-0.4, -0.2) is 10.2 Å². The Kier molecular flexibility index (Phi) is 3.31. The summed E-state index contributed by atoms with van der Waals surface area (Å²) in [4.78, 5) is 5.40. The van der Waals surface area contributed by atoms with Gasteiger partial charge in [0.1, 0.15) is 23.3 Å². The minimum absolute atomic E-state index is 0.223. The molecular formula is C17H17NO3. The predicted octanol–water partition coefficient (Wildman–Crippen LogP) is 3.17. The third-order valence-electron chi connectivity index (χ3n) is 3.88. The third-order valence-corrected chi connectivity index (χ3v) is 3.88. The minimum atomic E-state index is -0.601. The zero-order valence-electron chi connectivity index (χ0n) is 11.7. The van der Waals surface area contributed by atoms with E-state index in [1.807, 2.05) is 24.3 Å². The molecule has 0 radical (unpaired) electrons. The second-order valence-electron chi connectivity index (χ2n) is 5.06. The molecule has 4 nitrogen and oxygen atoms in total. The number of phenolic OH excluding ortho intramolecular Hbond substituents is 2. The fourth-order valence-electron chi connectivity index (χ4n) is 2.77. The summed E-state index contributed by atoms with van der Waals surface area (Å²) in [7, 11) is 0. The van der Waals surface area contributed by atoms with Gasteiger partial charge in [-0.05, 0) is 47.4 Å². The monoisotopic (exact) mass is 283 g/mol. The molecule has 0 spiro atoms. The number of benzene rings is 2. The number of nitrogens with one attached hydrogen (secondary N) is 1. The van der Waals surface area contributed by atoms with Crippen LogP contribution in [0.3, 0.4) is 0 Å². The molecule has 3 N–H and O–H groups in total. The zero-order valence-corrected chi connectivity index (χ0v) is 11.7. The summed E-state index contributed by atoms with van der Waals surface area (Å²) in [5, 5.41) is 19.0. The van der Waals surface area contributed by atoms with Crippen molar-refractivity contribution in [2.75, 3.05) is 0 Å². The molecule has 3 rings (SSSR count). The summed E-state index contributed by atoms with van der Waals surface area (Å²) >= 11 is 0. The maximum Gasteiger partial charge on any atom is 0.128 e. The largest absolute Gasteiger partial charge is 0.508 e. The first-order valence-electron chi connectivity index (χ1n) is 6.88. The predicted molar refractivity (Wildman–Crippen MR) is 79.6 cm³/mol. The van der Waals surface area contributed by atoms with Gasteiger partial charge in [0.2, 0.25) is 0 Å². The molecule has 108 valence electrons. The second-order valence-corrected chi connectivity index (χ2v) is 5.06. The summed E-state index contributed by atoms with van der Waals surface area (Å²) in [5.74, 6) is 0.445. The van der Waals surface area contributed by atoms with Gasteiger partial charge in [0.15, 0.2) is 0 Å². The highest BCUT2D eigenvalue weighted by Gasteiger charge is 2.41. The van der Waals surface area contributed by atoms with Gasteiger partial charge in [0.05, 0.1) is 0 Å². The number of rotatable bonds is 3. The highest BCUT2D eigenvalue weighted by atomic mass is 16.6. The molecule has 1 aliphatic heterocycles. The molecule has 4 heteroatoms. The molecule has 1 heterocycles. The molecule has 0 atom stereocenters. The molecule has 1 aliphatic rings. The van der Waals surface area contributed by atoms with Crippen LogP contribution in [0.5, 0.6) is 11.5 Å². The van der Waals surface area contributed by atoms with Crippen molar-refractivity contribution in [3.8, 4) is 11.5 Å². The van der Waals surface area contributed by atoms with Gasteiger partial charge < -0.3 is 15.1 Å². The average Bonchev–Trinajstić information content (AvgIpc) is 2.93. The molecular weight excluding hydrogens is 266 g/mol. The molecule has 0 saturated heterocycles. The zero-order chi connectivity index (χ0) is 14.9. The number of phenols is 2.